The van der Waals surface area contributed by atoms with Crippen molar-refractivity contribution in [2.24, 2.45) is 0 Å². The molecule has 0 spiro atoms. The third-order valence-electron chi connectivity index (χ3n) is 3.11. The largest absolute Gasteiger partial charge is 0.481 e. The number of hydrogen-bond donors (Lipinski definition) is 3. The van der Waals surface area contributed by atoms with Crippen LogP contribution in [0.3, 0.4) is 0 Å². The van der Waals surface area contributed by atoms with Crippen LogP contribution in [0.1, 0.15) is 70.6 Å². The topological polar surface area (TPSA) is 94.8 Å². The van der Waals surface area contributed by atoms with Gasteiger partial charge in [0.25, 0.3) is 0 Å². The number of alkyl halides is 2. The molecule has 0 rings (SSSR count). The molecule has 0 aromatic carbocycles. The van der Waals surface area contributed by atoms with Crippen molar-refractivity contribution in [3.8, 4) is 0 Å². The summed E-state index contributed by atoms with van der Waals surface area (Å²) in [6.07, 6.45) is 8.62. The van der Waals surface area contributed by atoms with E-state index in [2.05, 4.69) is 31.9 Å². The summed E-state index contributed by atoms with van der Waals surface area (Å²) in [5.74, 6) is -1.60. The molecular weight excluding hydrogens is 432 g/mol. The van der Waals surface area contributed by atoms with Crippen molar-refractivity contribution in [2.75, 3.05) is 10.7 Å². The lowest BCUT2D eigenvalue weighted by Crippen LogP contribution is -2.12. The van der Waals surface area contributed by atoms with Gasteiger partial charge in [0.1, 0.15) is 0 Å². The third kappa shape index (κ3) is 27.0. The number of aliphatic hydroxyl groups is 1. The summed E-state index contributed by atoms with van der Waals surface area (Å²) >= 11 is 6.65. The van der Waals surface area contributed by atoms with Gasteiger partial charge in [-0.3, -0.25) is 9.59 Å². The van der Waals surface area contributed by atoms with Crippen LogP contribution in [0.2, 0.25) is 0 Å². The molecule has 3 N–H and O–H groups in total. The molecule has 23 heavy (non-hydrogen) atoms. The number of carboxylic acid groups (broad SMARTS) is 2. The summed E-state index contributed by atoms with van der Waals surface area (Å²) in [6, 6.07) is 0. The maximum atomic E-state index is 10.1. The van der Waals surface area contributed by atoms with E-state index in [0.717, 1.165) is 42.8 Å². The molecule has 0 saturated heterocycles. The average Bonchev–Trinajstić information content (AvgIpc) is 2.47. The van der Waals surface area contributed by atoms with E-state index in [0.29, 0.717) is 12.8 Å². The Labute approximate surface area is 156 Å². The second-order valence-electron chi connectivity index (χ2n) is 5.39. The van der Waals surface area contributed by atoms with E-state index >= 15 is 0 Å². The predicted molar refractivity (Wildman–Crippen MR) is 99.7 cm³/mol. The van der Waals surface area contributed by atoms with Crippen LogP contribution in [0.5, 0.6) is 0 Å². The number of aliphatic carboxylic acids is 2. The number of rotatable bonds is 14. The molecule has 0 amide bonds. The predicted octanol–water partition coefficient (Wildman–Crippen LogP) is 4.58. The average molecular weight is 462 g/mol. The minimum atomic E-state index is -0.928. The zero-order valence-electron chi connectivity index (χ0n) is 13.7. The van der Waals surface area contributed by atoms with Crippen molar-refractivity contribution in [1.29, 1.82) is 0 Å². The Kier molecular flexibility index (Phi) is 21.7. The summed E-state index contributed by atoms with van der Waals surface area (Å²) in [5.41, 5.74) is 0. The Bertz CT molecular complexity index is 288. The molecule has 138 valence electrons. The van der Waals surface area contributed by atoms with E-state index in [1.807, 2.05) is 0 Å². The standard InChI is InChI=1S/C8H15BrO3.C8H15BrO2/c9-5-3-1-2-4-7(10)6-8(11)12;9-7-5-3-1-2-4-6-8(10)11/h7,10H,1-6H2,(H,11,12);1-7H2,(H,10,11). The normalized spacial score (nSPS) is 11.4. The van der Waals surface area contributed by atoms with Gasteiger partial charge in [0.15, 0.2) is 0 Å². The molecule has 0 aliphatic heterocycles. The quantitative estimate of drug-likeness (QED) is 0.260. The minimum Gasteiger partial charge on any atom is -0.481 e. The van der Waals surface area contributed by atoms with Crippen molar-refractivity contribution in [2.45, 2.75) is 76.7 Å². The maximum Gasteiger partial charge on any atom is 0.305 e. The Hall–Kier alpha value is -0.140. The van der Waals surface area contributed by atoms with Crippen LogP contribution in [0.25, 0.3) is 0 Å². The zero-order valence-corrected chi connectivity index (χ0v) is 16.9. The van der Waals surface area contributed by atoms with Gasteiger partial charge in [-0.25, -0.2) is 0 Å². The van der Waals surface area contributed by atoms with Crippen LogP contribution >= 0.6 is 31.9 Å². The minimum absolute atomic E-state index is 0.131. The van der Waals surface area contributed by atoms with Gasteiger partial charge in [0.05, 0.1) is 12.5 Å². The first kappa shape index (κ1) is 25.1. The van der Waals surface area contributed by atoms with Gasteiger partial charge in [0, 0.05) is 17.1 Å². The van der Waals surface area contributed by atoms with Crippen LogP contribution in [-0.2, 0) is 9.59 Å². The smallest absolute Gasteiger partial charge is 0.305 e. The third-order valence-corrected chi connectivity index (χ3v) is 4.23. The summed E-state index contributed by atoms with van der Waals surface area (Å²) in [5, 5.41) is 27.8. The van der Waals surface area contributed by atoms with Crippen molar-refractivity contribution < 1.29 is 24.9 Å². The molecule has 1 atom stereocenters. The number of halogens is 2. The number of carbonyl (C=O) groups is 2. The van der Waals surface area contributed by atoms with E-state index in [1.165, 1.54) is 19.3 Å². The van der Waals surface area contributed by atoms with Crippen molar-refractivity contribution in [1.82, 2.24) is 0 Å². The Morgan fingerprint density at radius 1 is 0.739 bits per heavy atom. The molecule has 0 aliphatic carbocycles. The lowest BCUT2D eigenvalue weighted by Gasteiger charge is -2.06. The highest BCUT2D eigenvalue weighted by Gasteiger charge is 2.08. The molecule has 0 aromatic heterocycles. The second-order valence-corrected chi connectivity index (χ2v) is 6.98. The second kappa shape index (κ2) is 19.9. The van der Waals surface area contributed by atoms with E-state index in [1.54, 1.807) is 0 Å². The molecule has 0 heterocycles. The highest BCUT2D eigenvalue weighted by atomic mass is 79.9. The molecule has 0 radical (unpaired) electrons. The summed E-state index contributed by atoms with van der Waals surface area (Å²) < 4.78 is 0. The monoisotopic (exact) mass is 460 g/mol. The lowest BCUT2D eigenvalue weighted by molar-refractivity contribution is -0.139. The van der Waals surface area contributed by atoms with Crippen LogP contribution < -0.4 is 0 Å². The molecule has 0 bridgehead atoms. The van der Waals surface area contributed by atoms with E-state index in [-0.39, 0.29) is 6.42 Å². The van der Waals surface area contributed by atoms with Crippen LogP contribution in [0, 0.1) is 0 Å². The van der Waals surface area contributed by atoms with E-state index in [9.17, 15) is 9.59 Å². The molecule has 0 aliphatic rings. The Morgan fingerprint density at radius 3 is 1.70 bits per heavy atom. The van der Waals surface area contributed by atoms with Crippen molar-refractivity contribution >= 4 is 43.8 Å². The number of unbranched alkanes of at least 4 members (excludes halogenated alkanes) is 6. The molecule has 0 saturated carbocycles. The van der Waals surface area contributed by atoms with Gasteiger partial charge in [-0.05, 0) is 25.7 Å². The zero-order chi connectivity index (χ0) is 17.9. The van der Waals surface area contributed by atoms with E-state index in [4.69, 9.17) is 15.3 Å². The fourth-order valence-electron chi connectivity index (χ4n) is 1.86. The van der Waals surface area contributed by atoms with Gasteiger partial charge >= 0.3 is 11.9 Å². The van der Waals surface area contributed by atoms with Gasteiger partial charge < -0.3 is 15.3 Å². The van der Waals surface area contributed by atoms with E-state index < -0.39 is 18.0 Å². The number of hydrogen-bond acceptors (Lipinski definition) is 3. The summed E-state index contributed by atoms with van der Waals surface area (Å²) in [7, 11) is 0. The SMILES string of the molecule is O=C(O)CC(O)CCCCCBr.O=C(O)CCCCCCCBr. The maximum absolute atomic E-state index is 10.1. The van der Waals surface area contributed by atoms with Gasteiger partial charge in [-0.1, -0.05) is 64.0 Å². The van der Waals surface area contributed by atoms with Crippen LogP contribution in [0.4, 0.5) is 0 Å². The fraction of sp³-hybridized carbons (Fsp3) is 0.875. The summed E-state index contributed by atoms with van der Waals surface area (Å²) in [4.78, 5) is 20.2. The van der Waals surface area contributed by atoms with Gasteiger partial charge in [-0.15, -0.1) is 0 Å². The van der Waals surface area contributed by atoms with Gasteiger partial charge in [-0.2, -0.15) is 0 Å². The fourth-order valence-corrected chi connectivity index (χ4v) is 2.65. The molecule has 7 heteroatoms. The number of carboxylic acids is 2. The first-order valence-electron chi connectivity index (χ1n) is 8.17. The molecule has 1 unspecified atom stereocenters. The highest BCUT2D eigenvalue weighted by molar-refractivity contribution is 9.09. The Balaban J connectivity index is 0. The summed E-state index contributed by atoms with van der Waals surface area (Å²) in [6.45, 7) is 0. The Morgan fingerprint density at radius 2 is 1.22 bits per heavy atom. The molecular formula is C16H30Br2O5. The first-order valence-corrected chi connectivity index (χ1v) is 10.4. The van der Waals surface area contributed by atoms with Crippen LogP contribution in [-0.4, -0.2) is 44.0 Å². The van der Waals surface area contributed by atoms with Crippen LogP contribution in [0.15, 0.2) is 0 Å². The number of aliphatic hydroxyl groups excluding tert-OH is 1. The molecule has 5 nitrogen and oxygen atoms in total. The molecule has 0 aromatic rings. The van der Waals surface area contributed by atoms with Crippen molar-refractivity contribution in [3.05, 3.63) is 0 Å². The first-order chi connectivity index (χ1) is 10.9. The molecule has 0 fully saturated rings. The van der Waals surface area contributed by atoms with Gasteiger partial charge in [0.2, 0.25) is 0 Å². The van der Waals surface area contributed by atoms with Crippen molar-refractivity contribution in [3.63, 3.8) is 0 Å². The highest BCUT2D eigenvalue weighted by Crippen LogP contribution is 2.07. The lowest BCUT2D eigenvalue weighted by atomic mass is 10.1.